The van der Waals surface area contributed by atoms with Crippen molar-refractivity contribution in [3.05, 3.63) is 72.1 Å². The van der Waals surface area contributed by atoms with E-state index in [1.807, 2.05) is 0 Å². The van der Waals surface area contributed by atoms with Crippen LogP contribution in [0.1, 0.15) is 48.5 Å². The first kappa shape index (κ1) is 35.5. The van der Waals surface area contributed by atoms with Crippen LogP contribution in [0.25, 0.3) is 33.4 Å². The van der Waals surface area contributed by atoms with Crippen molar-refractivity contribution in [2.24, 2.45) is 5.73 Å². The summed E-state index contributed by atoms with van der Waals surface area (Å²) in [6.45, 7) is 22.3. The molecule has 0 saturated heterocycles. The second-order valence-electron chi connectivity index (χ2n) is 10.1. The van der Waals surface area contributed by atoms with Crippen molar-refractivity contribution >= 4 is 22.6 Å². The van der Waals surface area contributed by atoms with E-state index in [4.69, 9.17) is 4.42 Å². The van der Waals surface area contributed by atoms with Crippen molar-refractivity contribution in [3.63, 3.8) is 0 Å². The highest BCUT2D eigenvalue weighted by molar-refractivity contribution is 6.02. The fourth-order valence-electron chi connectivity index (χ4n) is 5.28. The van der Waals surface area contributed by atoms with Gasteiger partial charge < -0.3 is 25.3 Å². The Labute approximate surface area is 259 Å². The van der Waals surface area contributed by atoms with E-state index in [1.165, 1.54) is 29.2 Å². The van der Waals surface area contributed by atoms with Crippen molar-refractivity contribution in [2.75, 3.05) is 64.3 Å². The Morgan fingerprint density at radius 2 is 1.49 bits per heavy atom. The minimum atomic E-state index is 0.0529. The Balaban J connectivity index is 0.000000422. The summed E-state index contributed by atoms with van der Waals surface area (Å²) in [5, 5.41) is 5.12. The molecule has 0 radical (unpaired) electrons. The molecular formula is C36H54N5O2+. The Morgan fingerprint density at radius 1 is 0.837 bits per heavy atom. The Hall–Kier alpha value is -3.68. The summed E-state index contributed by atoms with van der Waals surface area (Å²) in [6, 6.07) is 23.9. The lowest BCUT2D eigenvalue weighted by molar-refractivity contribution is -0.119. The Morgan fingerprint density at radius 3 is 2.05 bits per heavy atom. The third-order valence-corrected chi connectivity index (χ3v) is 7.71. The van der Waals surface area contributed by atoms with Gasteiger partial charge in [0.05, 0.1) is 6.07 Å². The quantitative estimate of drug-likeness (QED) is 0.169. The zero-order valence-corrected chi connectivity index (χ0v) is 27.7. The minimum absolute atomic E-state index is 0.0529. The van der Waals surface area contributed by atoms with E-state index in [9.17, 15) is 4.79 Å². The second kappa shape index (κ2) is 18.8. The third kappa shape index (κ3) is 9.66. The summed E-state index contributed by atoms with van der Waals surface area (Å²) in [7, 11) is 1.50. The summed E-state index contributed by atoms with van der Waals surface area (Å²) >= 11 is 0. The van der Waals surface area contributed by atoms with Crippen LogP contribution in [0.2, 0.25) is 0 Å². The smallest absolute Gasteiger partial charge is 0.216 e. The van der Waals surface area contributed by atoms with Gasteiger partial charge >= 0.3 is 0 Å². The molecule has 0 atom stereocenters. The zero-order chi connectivity index (χ0) is 31.8. The number of nitrogens with zero attached hydrogens (tertiary/aromatic N) is 3. The Kier molecular flexibility index (Phi) is 15.5. The van der Waals surface area contributed by atoms with Gasteiger partial charge in [0.1, 0.15) is 24.4 Å². The van der Waals surface area contributed by atoms with E-state index in [0.29, 0.717) is 0 Å². The molecule has 0 unspecified atom stereocenters. The van der Waals surface area contributed by atoms with Gasteiger partial charge in [-0.3, -0.25) is 4.79 Å². The molecule has 7 nitrogen and oxygen atoms in total. The fourth-order valence-corrected chi connectivity index (χ4v) is 5.28. The van der Waals surface area contributed by atoms with Gasteiger partial charge in [0.2, 0.25) is 11.3 Å². The molecule has 43 heavy (non-hydrogen) atoms. The molecule has 0 saturated carbocycles. The molecule has 0 fully saturated rings. The second-order valence-corrected chi connectivity index (χ2v) is 10.1. The zero-order valence-electron chi connectivity index (χ0n) is 27.7. The van der Waals surface area contributed by atoms with E-state index in [0.717, 1.165) is 74.7 Å². The van der Waals surface area contributed by atoms with Gasteiger partial charge in [-0.15, -0.1) is 0 Å². The van der Waals surface area contributed by atoms with Crippen LogP contribution in [0.5, 0.6) is 0 Å². The van der Waals surface area contributed by atoms with Crippen LogP contribution >= 0.6 is 0 Å². The molecule has 7 heteroatoms. The first-order valence-corrected chi connectivity index (χ1v) is 15.8. The minimum Gasteiger partial charge on any atom is -0.456 e. The molecule has 0 spiro atoms. The number of nitrogens with two attached hydrogens (primary N) is 1. The summed E-state index contributed by atoms with van der Waals surface area (Å²) in [6.07, 6.45) is 0. The first-order chi connectivity index (χ1) is 20.9. The average Bonchev–Trinajstić information content (AvgIpc) is 3.04. The van der Waals surface area contributed by atoms with Crippen LogP contribution in [0.4, 0.5) is 5.69 Å². The lowest BCUT2D eigenvalue weighted by Crippen LogP contribution is -2.33. The van der Waals surface area contributed by atoms with E-state index >= 15 is 0 Å². The van der Waals surface area contributed by atoms with Crippen molar-refractivity contribution in [1.29, 1.82) is 0 Å². The van der Waals surface area contributed by atoms with Gasteiger partial charge in [0, 0.05) is 67.4 Å². The van der Waals surface area contributed by atoms with Gasteiger partial charge in [0.15, 0.2) is 0 Å². The van der Waals surface area contributed by atoms with Crippen molar-refractivity contribution in [1.82, 2.24) is 14.8 Å². The molecular weight excluding hydrogens is 534 g/mol. The van der Waals surface area contributed by atoms with Crippen molar-refractivity contribution < 1.29 is 9.21 Å². The molecule has 2 aromatic carbocycles. The molecule has 2 aliphatic rings. The molecule has 1 heterocycles. The van der Waals surface area contributed by atoms with E-state index in [-0.39, 0.29) is 5.91 Å². The van der Waals surface area contributed by atoms with Crippen LogP contribution in [0.3, 0.4) is 0 Å². The highest BCUT2D eigenvalue weighted by atomic mass is 16.3. The number of fused-ring (bicyclic) bond motifs is 2. The fraction of sp³-hybridized carbons (Fsp3) is 0.444. The number of nitrogens with one attached hydrogen (secondary N) is 1. The topological polar surface area (TPSA) is 77.8 Å². The number of rotatable bonds is 11. The van der Waals surface area contributed by atoms with Crippen molar-refractivity contribution in [3.8, 4) is 22.5 Å². The van der Waals surface area contributed by atoms with Crippen LogP contribution < -0.4 is 25.9 Å². The molecule has 0 aromatic heterocycles. The largest absolute Gasteiger partial charge is 0.456 e. The highest BCUT2D eigenvalue weighted by Crippen LogP contribution is 2.40. The lowest BCUT2D eigenvalue weighted by Gasteiger charge is -2.22. The number of anilines is 1. The normalized spacial score (nSPS) is 10.6. The summed E-state index contributed by atoms with van der Waals surface area (Å²) in [5.74, 6) is 0.986. The van der Waals surface area contributed by atoms with Crippen LogP contribution in [-0.2, 0) is 4.79 Å². The predicted octanol–water partition coefficient (Wildman–Crippen LogP) is 5.90. The van der Waals surface area contributed by atoms with Crippen LogP contribution in [0, 0.1) is 0 Å². The van der Waals surface area contributed by atoms with Gasteiger partial charge in [-0.1, -0.05) is 44.2 Å². The maximum absolute atomic E-state index is 10.5. The summed E-state index contributed by atoms with van der Waals surface area (Å²) < 4.78 is 8.87. The maximum Gasteiger partial charge on any atom is 0.216 e. The molecule has 0 bridgehead atoms. The van der Waals surface area contributed by atoms with E-state index in [1.54, 1.807) is 6.92 Å². The molecule has 1 aliphatic carbocycles. The first-order valence-electron chi connectivity index (χ1n) is 15.8. The number of amides is 1. The predicted molar refractivity (Wildman–Crippen MR) is 185 cm³/mol. The molecule has 3 N–H and O–H groups in total. The SMILES string of the molecule is CCN(CC)CCNC(C)=O.CCN(CC)c1ccc2c(-c3ccccc3)c3ccc(=[N+](CC)CC)cc-3oc2c1.CN. The van der Waals surface area contributed by atoms with Crippen LogP contribution in [0.15, 0.2) is 71.1 Å². The summed E-state index contributed by atoms with van der Waals surface area (Å²) in [5.41, 5.74) is 10.2. The Bertz CT molecular complexity index is 1420. The van der Waals surface area contributed by atoms with E-state index < -0.39 is 0 Å². The molecule has 1 amide bonds. The number of benzene rings is 3. The molecule has 234 valence electrons. The standard InChI is InChI=1S/C27H31N2O.C8H18N2O.CH5N/c1-5-28(6-2)21-14-16-23-25(18-21)30-26-19-22(29(7-3)8-4)15-17-24(26)27(23)20-12-10-9-11-13-20;1-4-10(5-2)7-6-9-8(3)11;1-2/h9-19H,5-8H2,1-4H3;4-7H2,1-3H3,(H,9,11);2H2,1H3/q+1;;. The van der Waals surface area contributed by atoms with E-state index in [2.05, 4.69) is 134 Å². The van der Waals surface area contributed by atoms with Crippen molar-refractivity contribution in [2.45, 2.75) is 48.5 Å². The number of hydrogen-bond donors (Lipinski definition) is 2. The highest BCUT2D eigenvalue weighted by Gasteiger charge is 2.19. The number of carbonyl (C=O) groups is 1. The molecule has 1 aliphatic heterocycles. The maximum atomic E-state index is 10.5. The monoisotopic (exact) mass is 588 g/mol. The van der Waals surface area contributed by atoms with Gasteiger partial charge in [0.25, 0.3) is 0 Å². The number of carbonyl (C=O) groups excluding carboxylic acids is 1. The lowest BCUT2D eigenvalue weighted by atomic mass is 9.93. The third-order valence-electron chi connectivity index (χ3n) is 7.71. The van der Waals surface area contributed by atoms with Crippen LogP contribution in [-0.4, -0.2) is 70.2 Å². The molecule has 2 aromatic rings. The number of likely N-dealkylation sites (N-methyl/N-ethyl adjacent to an activating group) is 1. The molecule has 4 rings (SSSR count). The summed E-state index contributed by atoms with van der Waals surface area (Å²) in [4.78, 5) is 15.1. The average molecular weight is 589 g/mol. The number of hydrogen-bond acceptors (Lipinski definition) is 5. The van der Waals surface area contributed by atoms with Gasteiger partial charge in [-0.25, -0.2) is 4.58 Å². The van der Waals surface area contributed by atoms with Gasteiger partial charge in [-0.05, 0) is 71.6 Å². The van der Waals surface area contributed by atoms with Gasteiger partial charge in [-0.2, -0.15) is 0 Å².